The van der Waals surface area contributed by atoms with Crippen LogP contribution in [0.5, 0.6) is 5.75 Å². The number of ether oxygens (including phenoxy) is 1. The Morgan fingerprint density at radius 2 is 1.93 bits per heavy atom. The number of nitrogens with zero attached hydrogens (tertiary/aromatic N) is 1. The van der Waals surface area contributed by atoms with Crippen molar-refractivity contribution in [2.45, 2.75) is 32.2 Å². The molecule has 3 rings (SSSR count). The number of likely N-dealkylation sites (tertiary alicyclic amines) is 1. The van der Waals surface area contributed by atoms with Crippen LogP contribution in [0.15, 0.2) is 48.5 Å². The standard InChI is InChI=1S/C23H27ClN2O3/c1-29-21-11-5-3-9-19(21)23(28)26-14-6-7-17(16-26)12-13-22(27)25-15-18-8-2-4-10-20(18)24/h2-5,8-11,17H,6-7,12-16H2,1H3,(H,25,27)/t17-/m1/s1. The topological polar surface area (TPSA) is 58.6 Å². The van der Waals surface area contributed by atoms with Crippen LogP contribution in [0.25, 0.3) is 0 Å². The summed E-state index contributed by atoms with van der Waals surface area (Å²) in [6.07, 6.45) is 3.20. The summed E-state index contributed by atoms with van der Waals surface area (Å²) in [5.41, 5.74) is 1.50. The number of hydrogen-bond acceptors (Lipinski definition) is 3. The van der Waals surface area contributed by atoms with E-state index in [1.807, 2.05) is 41.3 Å². The van der Waals surface area contributed by atoms with Gasteiger partial charge in [0.25, 0.3) is 5.91 Å². The van der Waals surface area contributed by atoms with Crippen molar-refractivity contribution in [3.63, 3.8) is 0 Å². The summed E-state index contributed by atoms with van der Waals surface area (Å²) in [7, 11) is 1.58. The molecule has 1 atom stereocenters. The van der Waals surface area contributed by atoms with Crippen LogP contribution in [0, 0.1) is 5.92 Å². The molecule has 1 aliphatic rings. The third-order valence-electron chi connectivity index (χ3n) is 5.36. The van der Waals surface area contributed by atoms with E-state index in [1.165, 1.54) is 0 Å². The highest BCUT2D eigenvalue weighted by Crippen LogP contribution is 2.25. The Kier molecular flexibility index (Phi) is 7.53. The van der Waals surface area contributed by atoms with Gasteiger partial charge in [0.1, 0.15) is 5.75 Å². The molecule has 0 aromatic heterocycles. The van der Waals surface area contributed by atoms with Crippen LogP contribution in [0.1, 0.15) is 41.6 Å². The average molecular weight is 415 g/mol. The van der Waals surface area contributed by atoms with Crippen LogP contribution in [0.2, 0.25) is 5.02 Å². The summed E-state index contributed by atoms with van der Waals surface area (Å²) in [5, 5.41) is 3.59. The molecule has 0 aliphatic carbocycles. The van der Waals surface area contributed by atoms with E-state index in [0.717, 1.165) is 31.4 Å². The number of halogens is 1. The van der Waals surface area contributed by atoms with Crippen molar-refractivity contribution in [2.24, 2.45) is 5.92 Å². The second kappa shape index (κ2) is 10.3. The lowest BCUT2D eigenvalue weighted by molar-refractivity contribution is -0.121. The number of amides is 2. The summed E-state index contributed by atoms with van der Waals surface area (Å²) in [4.78, 5) is 27.0. The number of para-hydroxylation sites is 1. The van der Waals surface area contributed by atoms with Crippen LogP contribution in [0.3, 0.4) is 0 Å². The molecule has 29 heavy (non-hydrogen) atoms. The Balaban J connectivity index is 1.49. The highest BCUT2D eigenvalue weighted by Gasteiger charge is 2.26. The van der Waals surface area contributed by atoms with Gasteiger partial charge in [-0.2, -0.15) is 0 Å². The van der Waals surface area contributed by atoms with Gasteiger partial charge >= 0.3 is 0 Å². The first kappa shape index (κ1) is 21.2. The fourth-order valence-corrected chi connectivity index (χ4v) is 3.94. The smallest absolute Gasteiger partial charge is 0.257 e. The van der Waals surface area contributed by atoms with Gasteiger partial charge in [-0.05, 0) is 48.9 Å². The largest absolute Gasteiger partial charge is 0.496 e. The van der Waals surface area contributed by atoms with Gasteiger partial charge in [0.05, 0.1) is 12.7 Å². The fraction of sp³-hybridized carbons (Fsp3) is 0.391. The number of methoxy groups -OCH3 is 1. The van der Waals surface area contributed by atoms with Crippen molar-refractivity contribution in [1.29, 1.82) is 0 Å². The minimum atomic E-state index is -0.00433. The van der Waals surface area contributed by atoms with E-state index in [2.05, 4.69) is 5.32 Å². The number of piperidine rings is 1. The number of benzene rings is 2. The number of rotatable bonds is 7. The maximum Gasteiger partial charge on any atom is 0.257 e. The molecule has 5 nitrogen and oxygen atoms in total. The molecule has 6 heteroatoms. The second-order valence-electron chi connectivity index (χ2n) is 7.37. The highest BCUT2D eigenvalue weighted by molar-refractivity contribution is 6.31. The first-order valence-electron chi connectivity index (χ1n) is 10.0. The van der Waals surface area contributed by atoms with E-state index in [9.17, 15) is 9.59 Å². The van der Waals surface area contributed by atoms with Gasteiger partial charge < -0.3 is 15.0 Å². The van der Waals surface area contributed by atoms with Crippen LogP contribution in [-0.2, 0) is 11.3 Å². The third kappa shape index (κ3) is 5.73. The molecule has 0 radical (unpaired) electrons. The fourth-order valence-electron chi connectivity index (χ4n) is 3.74. The lowest BCUT2D eigenvalue weighted by Gasteiger charge is -2.33. The van der Waals surface area contributed by atoms with E-state index in [1.54, 1.807) is 19.2 Å². The van der Waals surface area contributed by atoms with Gasteiger partial charge in [0.2, 0.25) is 5.91 Å². The summed E-state index contributed by atoms with van der Waals surface area (Å²) in [6, 6.07) is 14.8. The van der Waals surface area contributed by atoms with Crippen molar-refractivity contribution in [2.75, 3.05) is 20.2 Å². The molecule has 1 saturated heterocycles. The first-order chi connectivity index (χ1) is 14.1. The molecule has 0 bridgehead atoms. The van der Waals surface area contributed by atoms with Crippen LogP contribution in [-0.4, -0.2) is 36.9 Å². The first-order valence-corrected chi connectivity index (χ1v) is 10.4. The van der Waals surface area contributed by atoms with Gasteiger partial charge in [0.15, 0.2) is 0 Å². The van der Waals surface area contributed by atoms with Gasteiger partial charge in [-0.25, -0.2) is 0 Å². The molecule has 1 heterocycles. The van der Waals surface area contributed by atoms with E-state index >= 15 is 0 Å². The molecular weight excluding hydrogens is 388 g/mol. The lowest BCUT2D eigenvalue weighted by atomic mass is 9.92. The Morgan fingerprint density at radius 1 is 1.17 bits per heavy atom. The molecule has 2 aromatic rings. The molecule has 1 fully saturated rings. The maximum atomic E-state index is 12.9. The summed E-state index contributed by atoms with van der Waals surface area (Å²) in [6.45, 7) is 1.85. The number of hydrogen-bond donors (Lipinski definition) is 1. The minimum Gasteiger partial charge on any atom is -0.496 e. The number of carbonyl (C=O) groups is 2. The van der Waals surface area contributed by atoms with Crippen LogP contribution >= 0.6 is 11.6 Å². The summed E-state index contributed by atoms with van der Waals surface area (Å²) >= 11 is 6.13. The quantitative estimate of drug-likeness (QED) is 0.734. The molecule has 1 N–H and O–H groups in total. The Morgan fingerprint density at radius 3 is 2.72 bits per heavy atom. The third-order valence-corrected chi connectivity index (χ3v) is 5.73. The number of carbonyl (C=O) groups excluding carboxylic acids is 2. The Bertz CT molecular complexity index is 856. The Hall–Kier alpha value is -2.53. The van der Waals surface area contributed by atoms with E-state index in [-0.39, 0.29) is 11.8 Å². The normalized spacial score (nSPS) is 16.3. The van der Waals surface area contributed by atoms with Crippen molar-refractivity contribution in [1.82, 2.24) is 10.2 Å². The maximum absolute atomic E-state index is 12.9. The van der Waals surface area contributed by atoms with Crippen LogP contribution < -0.4 is 10.1 Å². The molecule has 0 unspecified atom stereocenters. The molecular formula is C23H27ClN2O3. The van der Waals surface area contributed by atoms with Crippen molar-refractivity contribution in [3.05, 3.63) is 64.7 Å². The van der Waals surface area contributed by atoms with E-state index in [0.29, 0.717) is 41.8 Å². The van der Waals surface area contributed by atoms with Crippen molar-refractivity contribution < 1.29 is 14.3 Å². The molecule has 0 spiro atoms. The lowest BCUT2D eigenvalue weighted by Crippen LogP contribution is -2.40. The molecule has 0 saturated carbocycles. The number of nitrogens with one attached hydrogen (secondary N) is 1. The second-order valence-corrected chi connectivity index (χ2v) is 7.77. The van der Waals surface area contributed by atoms with Crippen LogP contribution in [0.4, 0.5) is 0 Å². The monoisotopic (exact) mass is 414 g/mol. The predicted molar refractivity (Wildman–Crippen MR) is 114 cm³/mol. The predicted octanol–water partition coefficient (Wildman–Crippen LogP) is 4.30. The van der Waals surface area contributed by atoms with Crippen molar-refractivity contribution in [3.8, 4) is 5.75 Å². The SMILES string of the molecule is COc1ccccc1C(=O)N1CCC[C@H](CCC(=O)NCc2ccccc2Cl)C1. The minimum absolute atomic E-state index is 0.00433. The van der Waals surface area contributed by atoms with Gasteiger partial charge in [0, 0.05) is 31.1 Å². The van der Waals surface area contributed by atoms with Gasteiger partial charge in [-0.3, -0.25) is 9.59 Å². The molecule has 1 aliphatic heterocycles. The zero-order valence-electron chi connectivity index (χ0n) is 16.7. The molecule has 2 aromatic carbocycles. The summed E-state index contributed by atoms with van der Waals surface area (Å²) in [5.74, 6) is 0.931. The summed E-state index contributed by atoms with van der Waals surface area (Å²) < 4.78 is 5.33. The zero-order valence-corrected chi connectivity index (χ0v) is 17.5. The Labute approximate surface area is 177 Å². The van der Waals surface area contributed by atoms with Gasteiger partial charge in [-0.15, -0.1) is 0 Å². The van der Waals surface area contributed by atoms with Gasteiger partial charge in [-0.1, -0.05) is 41.9 Å². The zero-order chi connectivity index (χ0) is 20.6. The molecule has 2 amide bonds. The molecule has 154 valence electrons. The highest BCUT2D eigenvalue weighted by atomic mass is 35.5. The van der Waals surface area contributed by atoms with E-state index < -0.39 is 0 Å². The van der Waals surface area contributed by atoms with Crippen molar-refractivity contribution >= 4 is 23.4 Å². The average Bonchev–Trinajstić information content (AvgIpc) is 2.76. The van der Waals surface area contributed by atoms with E-state index in [4.69, 9.17) is 16.3 Å².